The molecule has 2 aliphatic rings. The van der Waals surface area contributed by atoms with E-state index in [1.165, 1.54) is 30.2 Å². The summed E-state index contributed by atoms with van der Waals surface area (Å²) in [7, 11) is 1.38. The van der Waals surface area contributed by atoms with Crippen molar-refractivity contribution in [1.29, 1.82) is 0 Å². The zero-order chi connectivity index (χ0) is 30.1. The largest absolute Gasteiger partial charge is 0.465 e. The van der Waals surface area contributed by atoms with Gasteiger partial charge in [0.25, 0.3) is 0 Å². The van der Waals surface area contributed by atoms with Gasteiger partial charge < -0.3 is 19.4 Å². The summed E-state index contributed by atoms with van der Waals surface area (Å²) in [5.41, 5.74) is 6.50. The van der Waals surface area contributed by atoms with E-state index in [0.29, 0.717) is 27.1 Å². The maximum atomic E-state index is 12.6. The first kappa shape index (κ1) is 29.5. The molecule has 9 heteroatoms. The number of nitrogens with zero attached hydrogens (tertiary/aromatic N) is 3. The monoisotopic (exact) mass is 618 g/mol. The molecule has 1 aliphatic heterocycles. The summed E-state index contributed by atoms with van der Waals surface area (Å²) in [5.74, 6) is 0.564. The molecule has 2 aromatic carbocycles. The Bertz CT molecular complexity index is 1690. The number of aromatic nitrogens is 2. The molecule has 1 aliphatic carbocycles. The zero-order valence-corrected chi connectivity index (χ0v) is 26.3. The zero-order valence-electron chi connectivity index (χ0n) is 24.8. The SMILES string of the molecule is COC(=O)c1ccc(N2CCN(CC3=C(c4ccc(Cl)c(Cl)c4)CC(C)(C)CC3)CC2)cc1Oc1cnc2[nH]ccc2c1. The number of allylic oxidation sites excluding steroid dienone is 1. The number of nitrogens with one attached hydrogen (secondary N) is 1. The van der Waals surface area contributed by atoms with Crippen molar-refractivity contribution in [3.05, 3.63) is 87.7 Å². The average molecular weight is 620 g/mol. The molecule has 4 aromatic rings. The molecule has 1 saturated heterocycles. The molecule has 0 bridgehead atoms. The predicted octanol–water partition coefficient (Wildman–Crippen LogP) is 8.23. The Morgan fingerprint density at radius 3 is 2.60 bits per heavy atom. The molecule has 0 saturated carbocycles. The van der Waals surface area contributed by atoms with Crippen molar-refractivity contribution in [2.75, 3.05) is 44.7 Å². The van der Waals surface area contributed by atoms with Crippen LogP contribution in [0.4, 0.5) is 5.69 Å². The predicted molar refractivity (Wildman–Crippen MR) is 174 cm³/mol. The highest BCUT2D eigenvalue weighted by Gasteiger charge is 2.30. The summed E-state index contributed by atoms with van der Waals surface area (Å²) in [6, 6.07) is 15.5. The van der Waals surface area contributed by atoms with Gasteiger partial charge >= 0.3 is 5.97 Å². The lowest BCUT2D eigenvalue weighted by molar-refractivity contribution is 0.0598. The number of benzene rings is 2. The lowest BCUT2D eigenvalue weighted by Gasteiger charge is -2.39. The van der Waals surface area contributed by atoms with Crippen LogP contribution in [-0.4, -0.2) is 60.7 Å². The fraction of sp³-hybridized carbons (Fsp3) is 0.353. The Labute approximate surface area is 262 Å². The number of rotatable bonds is 7. The van der Waals surface area contributed by atoms with Gasteiger partial charge in [0, 0.05) is 56.1 Å². The normalized spacial score (nSPS) is 17.4. The highest BCUT2D eigenvalue weighted by Crippen LogP contribution is 2.44. The van der Waals surface area contributed by atoms with Gasteiger partial charge in [0.1, 0.15) is 22.7 Å². The fourth-order valence-electron chi connectivity index (χ4n) is 6.10. The Hall–Kier alpha value is -3.52. The van der Waals surface area contributed by atoms with Gasteiger partial charge in [0.15, 0.2) is 0 Å². The van der Waals surface area contributed by atoms with E-state index in [1.807, 2.05) is 42.6 Å². The molecule has 7 nitrogen and oxygen atoms in total. The van der Waals surface area contributed by atoms with E-state index in [0.717, 1.165) is 62.3 Å². The molecule has 6 rings (SSSR count). The number of hydrogen-bond acceptors (Lipinski definition) is 6. The highest BCUT2D eigenvalue weighted by molar-refractivity contribution is 6.42. The van der Waals surface area contributed by atoms with E-state index in [-0.39, 0.29) is 5.41 Å². The average Bonchev–Trinajstić information content (AvgIpc) is 3.47. The van der Waals surface area contributed by atoms with Gasteiger partial charge in [0.05, 0.1) is 23.4 Å². The van der Waals surface area contributed by atoms with E-state index in [9.17, 15) is 4.79 Å². The second-order valence-corrected chi connectivity index (χ2v) is 13.0. The molecule has 1 fully saturated rings. The third-order valence-corrected chi connectivity index (χ3v) is 9.32. The van der Waals surface area contributed by atoms with Crippen molar-refractivity contribution in [2.45, 2.75) is 33.1 Å². The number of aromatic amines is 1. The molecule has 0 atom stereocenters. The number of methoxy groups -OCH3 is 1. The van der Waals surface area contributed by atoms with E-state index >= 15 is 0 Å². The summed E-state index contributed by atoms with van der Waals surface area (Å²) in [6.07, 6.45) is 6.78. The second kappa shape index (κ2) is 12.2. The number of H-pyrrole nitrogens is 1. The lowest BCUT2D eigenvalue weighted by atomic mass is 9.72. The van der Waals surface area contributed by atoms with Gasteiger partial charge in [-0.1, -0.05) is 48.7 Å². The van der Waals surface area contributed by atoms with Gasteiger partial charge in [-0.05, 0) is 72.2 Å². The molecule has 3 heterocycles. The minimum atomic E-state index is -0.441. The molecular formula is C34H36Cl2N4O3. The fourth-order valence-corrected chi connectivity index (χ4v) is 6.40. The van der Waals surface area contributed by atoms with Crippen LogP contribution < -0.4 is 9.64 Å². The molecule has 1 N–H and O–H groups in total. The van der Waals surface area contributed by atoms with Crippen LogP contribution in [0.15, 0.2) is 66.5 Å². The van der Waals surface area contributed by atoms with Crippen LogP contribution >= 0.6 is 23.2 Å². The van der Waals surface area contributed by atoms with Gasteiger partial charge in [0.2, 0.25) is 0 Å². The van der Waals surface area contributed by atoms with Gasteiger partial charge in [-0.25, -0.2) is 9.78 Å². The van der Waals surface area contributed by atoms with Crippen molar-refractivity contribution in [3.63, 3.8) is 0 Å². The standard InChI is InChI=1S/C34H36Cl2N4O3/c1-34(2)10-8-24(28(19-34)22-4-7-29(35)30(36)17-22)21-39-12-14-40(15-13-39)25-5-6-27(33(41)42-3)31(18-25)43-26-16-23-9-11-37-32(23)38-20-26/h4-7,9,11,16-18,20H,8,10,12-15,19,21H2,1-3H3,(H,37,38). The third kappa shape index (κ3) is 6.54. The molecule has 0 radical (unpaired) electrons. The number of fused-ring (bicyclic) bond motifs is 1. The minimum absolute atomic E-state index is 0.253. The Morgan fingerprint density at radius 2 is 1.84 bits per heavy atom. The van der Waals surface area contributed by atoms with Crippen molar-refractivity contribution in [2.24, 2.45) is 5.41 Å². The Kier molecular flexibility index (Phi) is 8.40. The molecule has 2 aromatic heterocycles. The van der Waals surface area contributed by atoms with Crippen LogP contribution in [0, 0.1) is 5.41 Å². The summed E-state index contributed by atoms with van der Waals surface area (Å²) in [5, 5.41) is 2.12. The van der Waals surface area contributed by atoms with E-state index in [1.54, 1.807) is 12.3 Å². The minimum Gasteiger partial charge on any atom is -0.465 e. The van der Waals surface area contributed by atoms with Crippen LogP contribution in [0.3, 0.4) is 0 Å². The molecular weight excluding hydrogens is 583 g/mol. The van der Waals surface area contributed by atoms with Crippen LogP contribution in [0.5, 0.6) is 11.5 Å². The Balaban J connectivity index is 1.18. The van der Waals surface area contributed by atoms with E-state index in [4.69, 9.17) is 32.7 Å². The summed E-state index contributed by atoms with van der Waals surface area (Å²) < 4.78 is 11.2. The topological polar surface area (TPSA) is 70.7 Å². The maximum absolute atomic E-state index is 12.6. The number of ether oxygens (including phenoxy) is 2. The van der Waals surface area contributed by atoms with Crippen LogP contribution in [0.1, 0.15) is 49.0 Å². The number of carbonyl (C=O) groups excluding carboxylic acids is 1. The van der Waals surface area contributed by atoms with Crippen LogP contribution in [-0.2, 0) is 4.74 Å². The van der Waals surface area contributed by atoms with E-state index < -0.39 is 5.97 Å². The molecule has 0 unspecified atom stereocenters. The van der Waals surface area contributed by atoms with Gasteiger partial charge in [-0.15, -0.1) is 0 Å². The summed E-state index contributed by atoms with van der Waals surface area (Å²) in [6.45, 7) is 9.25. The van der Waals surface area contributed by atoms with Gasteiger partial charge in [-0.2, -0.15) is 0 Å². The number of pyridine rings is 1. The maximum Gasteiger partial charge on any atom is 0.341 e. The Morgan fingerprint density at radius 1 is 1.02 bits per heavy atom. The number of anilines is 1. The van der Waals surface area contributed by atoms with Crippen LogP contribution in [0.2, 0.25) is 10.0 Å². The lowest BCUT2D eigenvalue weighted by Crippen LogP contribution is -2.47. The highest BCUT2D eigenvalue weighted by atomic mass is 35.5. The number of carbonyl (C=O) groups is 1. The van der Waals surface area contributed by atoms with Crippen molar-refractivity contribution >= 4 is 51.5 Å². The first-order chi connectivity index (χ1) is 20.7. The van der Waals surface area contributed by atoms with Gasteiger partial charge in [-0.3, -0.25) is 4.90 Å². The first-order valence-corrected chi connectivity index (χ1v) is 15.4. The first-order valence-electron chi connectivity index (χ1n) is 14.7. The van der Waals surface area contributed by atoms with Crippen molar-refractivity contribution in [3.8, 4) is 11.5 Å². The molecule has 0 amide bonds. The summed E-state index contributed by atoms with van der Waals surface area (Å²) >= 11 is 12.7. The number of hydrogen-bond donors (Lipinski definition) is 1. The molecule has 0 spiro atoms. The molecule has 43 heavy (non-hydrogen) atoms. The van der Waals surface area contributed by atoms with Crippen molar-refractivity contribution < 1.29 is 14.3 Å². The third-order valence-electron chi connectivity index (χ3n) is 8.58. The number of halogens is 2. The van der Waals surface area contributed by atoms with Crippen LogP contribution in [0.25, 0.3) is 16.6 Å². The second-order valence-electron chi connectivity index (χ2n) is 12.2. The van der Waals surface area contributed by atoms with E-state index in [2.05, 4.69) is 39.7 Å². The molecule has 224 valence electrons. The quantitative estimate of drug-likeness (QED) is 0.210. The smallest absolute Gasteiger partial charge is 0.341 e. The number of esters is 1. The summed E-state index contributed by atoms with van der Waals surface area (Å²) in [4.78, 5) is 24.9. The number of piperazine rings is 1. The van der Waals surface area contributed by atoms with Crippen molar-refractivity contribution in [1.82, 2.24) is 14.9 Å².